The van der Waals surface area contributed by atoms with E-state index in [1.165, 1.54) is 25.7 Å². The lowest BCUT2D eigenvalue weighted by atomic mass is 9.98. The van der Waals surface area contributed by atoms with Gasteiger partial charge in [-0.15, -0.1) is 0 Å². The van der Waals surface area contributed by atoms with Gasteiger partial charge in [0.05, 0.1) is 0 Å². The number of nitrogens with one attached hydrogen (secondary N) is 2. The first-order valence-corrected chi connectivity index (χ1v) is 7.22. The van der Waals surface area contributed by atoms with Crippen LogP contribution >= 0.6 is 12.2 Å². The van der Waals surface area contributed by atoms with E-state index in [9.17, 15) is 0 Å². The summed E-state index contributed by atoms with van der Waals surface area (Å²) in [6, 6.07) is 0. The van der Waals surface area contributed by atoms with Crippen LogP contribution in [0.25, 0.3) is 0 Å². The molecule has 3 nitrogen and oxygen atoms in total. The zero-order chi connectivity index (χ0) is 12.1. The lowest BCUT2D eigenvalue weighted by Crippen LogP contribution is -2.39. The summed E-state index contributed by atoms with van der Waals surface area (Å²) in [5, 5.41) is 7.43. The normalized spacial score (nSPS) is 19.4. The summed E-state index contributed by atoms with van der Waals surface area (Å²) < 4.78 is 5.00. The van der Waals surface area contributed by atoms with Crippen LogP contribution in [0.5, 0.6) is 0 Å². The van der Waals surface area contributed by atoms with Gasteiger partial charge in [-0.25, -0.2) is 0 Å². The summed E-state index contributed by atoms with van der Waals surface area (Å²) in [6.07, 6.45) is 6.77. The highest BCUT2D eigenvalue weighted by Gasteiger charge is 2.41. The van der Waals surface area contributed by atoms with E-state index in [1.807, 2.05) is 0 Å². The molecule has 0 amide bonds. The minimum atomic E-state index is 0.794. The second-order valence-corrected chi connectivity index (χ2v) is 5.73. The molecule has 0 heterocycles. The average molecular weight is 256 g/mol. The summed E-state index contributed by atoms with van der Waals surface area (Å²) in [7, 11) is 1.73. The second kappa shape index (κ2) is 6.55. The molecule has 0 aromatic carbocycles. The van der Waals surface area contributed by atoms with Crippen molar-refractivity contribution in [3.8, 4) is 0 Å². The van der Waals surface area contributed by atoms with E-state index in [1.54, 1.807) is 7.11 Å². The fourth-order valence-corrected chi connectivity index (χ4v) is 2.64. The standard InChI is InChI=1S/C13H24N2OS/c1-16-8-2-7-14-13(17)15-9-12(10-3-4-10)11-5-6-11/h10-12H,2-9H2,1H3,(H2,14,15,17). The van der Waals surface area contributed by atoms with E-state index in [2.05, 4.69) is 10.6 Å². The van der Waals surface area contributed by atoms with Gasteiger partial charge in [0.1, 0.15) is 0 Å². The number of ether oxygens (including phenoxy) is 1. The summed E-state index contributed by atoms with van der Waals surface area (Å²) in [6.45, 7) is 2.77. The van der Waals surface area contributed by atoms with Gasteiger partial charge in [-0.1, -0.05) is 0 Å². The minimum absolute atomic E-state index is 0.794. The second-order valence-electron chi connectivity index (χ2n) is 5.32. The molecule has 0 aromatic heterocycles. The summed E-state index contributed by atoms with van der Waals surface area (Å²) in [5.41, 5.74) is 0. The van der Waals surface area contributed by atoms with E-state index < -0.39 is 0 Å². The molecule has 98 valence electrons. The van der Waals surface area contributed by atoms with Crippen LogP contribution in [0.4, 0.5) is 0 Å². The maximum Gasteiger partial charge on any atom is 0.166 e. The smallest absolute Gasteiger partial charge is 0.166 e. The predicted molar refractivity (Wildman–Crippen MR) is 74.0 cm³/mol. The largest absolute Gasteiger partial charge is 0.385 e. The van der Waals surface area contributed by atoms with E-state index in [-0.39, 0.29) is 0 Å². The third kappa shape index (κ3) is 4.80. The van der Waals surface area contributed by atoms with Crippen molar-refractivity contribution in [1.29, 1.82) is 0 Å². The Hall–Kier alpha value is -0.350. The SMILES string of the molecule is COCCCNC(=S)NCC(C1CC1)C1CC1. The number of rotatable bonds is 8. The van der Waals surface area contributed by atoms with Crippen molar-refractivity contribution < 1.29 is 4.74 Å². The molecule has 0 saturated heterocycles. The quantitative estimate of drug-likeness (QED) is 0.513. The maximum atomic E-state index is 5.27. The third-order valence-corrected chi connectivity index (χ3v) is 4.05. The lowest BCUT2D eigenvalue weighted by molar-refractivity contribution is 0.195. The Morgan fingerprint density at radius 1 is 1.24 bits per heavy atom. The van der Waals surface area contributed by atoms with Crippen molar-refractivity contribution in [2.24, 2.45) is 17.8 Å². The number of thiocarbonyl (C=S) groups is 1. The highest BCUT2D eigenvalue weighted by Crippen LogP contribution is 2.48. The molecular formula is C13H24N2OS. The van der Waals surface area contributed by atoms with Gasteiger partial charge in [0.2, 0.25) is 0 Å². The van der Waals surface area contributed by atoms with Gasteiger partial charge in [0.15, 0.2) is 5.11 Å². The van der Waals surface area contributed by atoms with Crippen LogP contribution in [0, 0.1) is 17.8 Å². The molecule has 0 atom stereocenters. The van der Waals surface area contributed by atoms with Crippen LogP contribution in [0.1, 0.15) is 32.1 Å². The van der Waals surface area contributed by atoms with Gasteiger partial charge in [0.25, 0.3) is 0 Å². The average Bonchev–Trinajstić information content (AvgIpc) is 3.15. The third-order valence-electron chi connectivity index (χ3n) is 3.76. The van der Waals surface area contributed by atoms with E-state index in [0.717, 1.165) is 49.0 Å². The van der Waals surface area contributed by atoms with Crippen molar-refractivity contribution in [3.63, 3.8) is 0 Å². The van der Waals surface area contributed by atoms with Crippen molar-refractivity contribution in [2.75, 3.05) is 26.8 Å². The van der Waals surface area contributed by atoms with Crippen molar-refractivity contribution in [2.45, 2.75) is 32.1 Å². The van der Waals surface area contributed by atoms with Crippen LogP contribution < -0.4 is 10.6 Å². The van der Waals surface area contributed by atoms with Gasteiger partial charge in [-0.3, -0.25) is 0 Å². The molecule has 2 aliphatic carbocycles. The van der Waals surface area contributed by atoms with E-state index in [4.69, 9.17) is 17.0 Å². The first-order chi connectivity index (χ1) is 8.31. The molecule has 2 N–H and O–H groups in total. The summed E-state index contributed by atoms with van der Waals surface area (Å²) in [4.78, 5) is 0. The number of hydrogen-bond donors (Lipinski definition) is 2. The fourth-order valence-electron chi connectivity index (χ4n) is 2.46. The van der Waals surface area contributed by atoms with E-state index in [0.29, 0.717) is 0 Å². The van der Waals surface area contributed by atoms with Crippen molar-refractivity contribution in [3.05, 3.63) is 0 Å². The molecule has 0 unspecified atom stereocenters. The first kappa shape index (κ1) is 13.1. The van der Waals surface area contributed by atoms with Crippen LogP contribution in [-0.4, -0.2) is 31.9 Å². The Kier molecular flexibility index (Phi) is 5.04. The Bertz CT molecular complexity index is 240. The van der Waals surface area contributed by atoms with Gasteiger partial charge in [0, 0.05) is 26.8 Å². The van der Waals surface area contributed by atoms with Gasteiger partial charge >= 0.3 is 0 Å². The van der Waals surface area contributed by atoms with Crippen LogP contribution in [-0.2, 0) is 4.74 Å². The van der Waals surface area contributed by atoms with Gasteiger partial charge in [-0.2, -0.15) is 0 Å². The molecule has 2 saturated carbocycles. The molecule has 0 spiro atoms. The molecular weight excluding hydrogens is 232 g/mol. The highest BCUT2D eigenvalue weighted by molar-refractivity contribution is 7.80. The van der Waals surface area contributed by atoms with Crippen molar-refractivity contribution in [1.82, 2.24) is 10.6 Å². The molecule has 0 bridgehead atoms. The van der Waals surface area contributed by atoms with Crippen LogP contribution in [0.2, 0.25) is 0 Å². The van der Waals surface area contributed by atoms with Gasteiger partial charge in [-0.05, 0) is 62.1 Å². The zero-order valence-corrected chi connectivity index (χ0v) is 11.5. The maximum absolute atomic E-state index is 5.27. The number of methoxy groups -OCH3 is 1. The van der Waals surface area contributed by atoms with Gasteiger partial charge < -0.3 is 15.4 Å². The Morgan fingerprint density at radius 3 is 2.41 bits per heavy atom. The highest BCUT2D eigenvalue weighted by atomic mass is 32.1. The van der Waals surface area contributed by atoms with Crippen molar-refractivity contribution >= 4 is 17.3 Å². The lowest BCUT2D eigenvalue weighted by Gasteiger charge is -2.18. The topological polar surface area (TPSA) is 33.3 Å². The Labute approximate surface area is 110 Å². The van der Waals surface area contributed by atoms with Crippen LogP contribution in [0.15, 0.2) is 0 Å². The molecule has 0 aromatic rings. The molecule has 2 fully saturated rings. The Balaban J connectivity index is 1.55. The van der Waals surface area contributed by atoms with E-state index >= 15 is 0 Å². The number of hydrogen-bond acceptors (Lipinski definition) is 2. The molecule has 4 heteroatoms. The summed E-state index contributed by atoms with van der Waals surface area (Å²) in [5.74, 6) is 2.87. The first-order valence-electron chi connectivity index (χ1n) is 6.82. The fraction of sp³-hybridized carbons (Fsp3) is 0.923. The zero-order valence-electron chi connectivity index (χ0n) is 10.7. The molecule has 0 radical (unpaired) electrons. The predicted octanol–water partition coefficient (Wildman–Crippen LogP) is 1.92. The molecule has 0 aliphatic heterocycles. The molecule has 2 aliphatic rings. The minimum Gasteiger partial charge on any atom is -0.385 e. The monoisotopic (exact) mass is 256 g/mol. The summed E-state index contributed by atoms with van der Waals surface area (Å²) >= 11 is 5.27. The van der Waals surface area contributed by atoms with Crippen LogP contribution in [0.3, 0.4) is 0 Å². The molecule has 2 rings (SSSR count). The molecule has 17 heavy (non-hydrogen) atoms. The Morgan fingerprint density at radius 2 is 1.88 bits per heavy atom.